The summed E-state index contributed by atoms with van der Waals surface area (Å²) in [6.45, 7) is 5.46. The van der Waals surface area contributed by atoms with Crippen LogP contribution < -0.4 is 0 Å². The fourth-order valence-electron chi connectivity index (χ4n) is 3.42. The van der Waals surface area contributed by atoms with Gasteiger partial charge in [-0.2, -0.15) is 0 Å². The quantitative estimate of drug-likeness (QED) is 0.616. The number of hydrogen-bond donors (Lipinski definition) is 0. The third-order valence-corrected chi connectivity index (χ3v) is 5.19. The van der Waals surface area contributed by atoms with Gasteiger partial charge in [0, 0.05) is 31.7 Å². The molecule has 1 unspecified atom stereocenters. The van der Waals surface area contributed by atoms with Crippen molar-refractivity contribution in [3.05, 3.63) is 38.3 Å². The van der Waals surface area contributed by atoms with Crippen molar-refractivity contribution in [3.63, 3.8) is 0 Å². The highest BCUT2D eigenvalue weighted by atomic mass is 79.9. The minimum absolute atomic E-state index is 0.155. The van der Waals surface area contributed by atoms with Gasteiger partial charge in [0.1, 0.15) is 0 Å². The summed E-state index contributed by atoms with van der Waals surface area (Å²) in [7, 11) is 0. The maximum atomic E-state index is 11.0. The van der Waals surface area contributed by atoms with Gasteiger partial charge in [0.15, 0.2) is 0 Å². The Balaban J connectivity index is 1.62. The molecule has 0 aromatic heterocycles. The van der Waals surface area contributed by atoms with E-state index in [1.165, 1.54) is 32.4 Å². The highest BCUT2D eigenvalue weighted by Crippen LogP contribution is 2.27. The van der Waals surface area contributed by atoms with E-state index in [-0.39, 0.29) is 10.6 Å². The van der Waals surface area contributed by atoms with E-state index in [9.17, 15) is 10.1 Å². The van der Waals surface area contributed by atoms with Crippen molar-refractivity contribution < 1.29 is 4.92 Å². The van der Waals surface area contributed by atoms with Crippen molar-refractivity contribution in [1.29, 1.82) is 0 Å². The van der Waals surface area contributed by atoms with Crippen LogP contribution in [0.15, 0.2) is 22.7 Å². The molecule has 2 saturated heterocycles. The summed E-state index contributed by atoms with van der Waals surface area (Å²) >= 11 is 3.24. The second-order valence-corrected chi connectivity index (χ2v) is 6.82. The SMILES string of the molecule is O=[N+]([O-])c1cc(CN2CCC(N3CCCC3)C2)ccc1Br. The molecule has 114 valence electrons. The Morgan fingerprint density at radius 2 is 2.05 bits per heavy atom. The lowest BCUT2D eigenvalue weighted by Crippen LogP contribution is -2.35. The smallest absolute Gasteiger partial charge is 0.283 e. The van der Waals surface area contributed by atoms with Gasteiger partial charge in [0.25, 0.3) is 5.69 Å². The maximum absolute atomic E-state index is 11.0. The number of benzene rings is 1. The van der Waals surface area contributed by atoms with Crippen molar-refractivity contribution in [1.82, 2.24) is 9.80 Å². The van der Waals surface area contributed by atoms with Crippen LogP contribution in [-0.4, -0.2) is 46.9 Å². The maximum Gasteiger partial charge on any atom is 0.283 e. The van der Waals surface area contributed by atoms with Crippen LogP contribution in [0.3, 0.4) is 0 Å². The molecule has 0 aliphatic carbocycles. The van der Waals surface area contributed by atoms with Gasteiger partial charge < -0.3 is 0 Å². The lowest BCUT2D eigenvalue weighted by Gasteiger charge is -2.23. The Labute approximate surface area is 133 Å². The third-order valence-electron chi connectivity index (χ3n) is 4.52. The van der Waals surface area contributed by atoms with Crippen LogP contribution in [0.4, 0.5) is 5.69 Å². The van der Waals surface area contributed by atoms with Crippen molar-refractivity contribution in [2.75, 3.05) is 26.2 Å². The Hall–Kier alpha value is -0.980. The van der Waals surface area contributed by atoms with Gasteiger partial charge in [0.2, 0.25) is 0 Å². The molecule has 21 heavy (non-hydrogen) atoms. The molecule has 0 amide bonds. The van der Waals surface area contributed by atoms with Crippen LogP contribution in [-0.2, 0) is 6.54 Å². The Morgan fingerprint density at radius 3 is 2.76 bits per heavy atom. The number of halogens is 1. The van der Waals surface area contributed by atoms with E-state index in [1.807, 2.05) is 6.07 Å². The zero-order chi connectivity index (χ0) is 14.8. The van der Waals surface area contributed by atoms with Gasteiger partial charge in [-0.15, -0.1) is 0 Å². The summed E-state index contributed by atoms with van der Waals surface area (Å²) in [5, 5.41) is 11.0. The van der Waals surface area contributed by atoms with Crippen LogP contribution >= 0.6 is 15.9 Å². The standard InChI is InChI=1S/C15H20BrN3O2/c16-14-4-3-12(9-15(14)19(20)21)10-17-8-5-13(11-17)18-6-1-2-7-18/h3-4,9,13H,1-2,5-8,10-11H2. The summed E-state index contributed by atoms with van der Waals surface area (Å²) in [6.07, 6.45) is 3.88. The fourth-order valence-corrected chi connectivity index (χ4v) is 3.81. The second kappa shape index (κ2) is 6.42. The van der Waals surface area contributed by atoms with Gasteiger partial charge >= 0.3 is 0 Å². The van der Waals surface area contributed by atoms with Crippen LogP contribution in [0.25, 0.3) is 0 Å². The summed E-state index contributed by atoms with van der Waals surface area (Å²) in [5.74, 6) is 0. The van der Waals surface area contributed by atoms with E-state index < -0.39 is 0 Å². The predicted molar refractivity (Wildman–Crippen MR) is 85.3 cm³/mol. The molecule has 0 radical (unpaired) electrons. The molecular weight excluding hydrogens is 334 g/mol. The average molecular weight is 354 g/mol. The molecule has 2 aliphatic heterocycles. The molecule has 0 N–H and O–H groups in total. The number of likely N-dealkylation sites (tertiary alicyclic amines) is 2. The number of nitrogens with zero attached hydrogens (tertiary/aromatic N) is 3. The largest absolute Gasteiger partial charge is 0.299 e. The molecule has 1 aromatic carbocycles. The summed E-state index contributed by atoms with van der Waals surface area (Å²) in [6, 6.07) is 6.12. The number of rotatable bonds is 4. The van der Waals surface area contributed by atoms with Crippen molar-refractivity contribution in [3.8, 4) is 0 Å². The molecule has 0 spiro atoms. The van der Waals surface area contributed by atoms with E-state index in [4.69, 9.17) is 0 Å². The number of nitro benzene ring substituents is 1. The lowest BCUT2D eigenvalue weighted by atomic mass is 10.2. The first-order valence-electron chi connectivity index (χ1n) is 7.53. The monoisotopic (exact) mass is 353 g/mol. The van der Waals surface area contributed by atoms with Crippen LogP contribution in [0.2, 0.25) is 0 Å². The van der Waals surface area contributed by atoms with E-state index in [0.717, 1.165) is 25.2 Å². The highest BCUT2D eigenvalue weighted by molar-refractivity contribution is 9.10. The third kappa shape index (κ3) is 3.44. The van der Waals surface area contributed by atoms with E-state index in [0.29, 0.717) is 10.5 Å². The lowest BCUT2D eigenvalue weighted by molar-refractivity contribution is -0.385. The molecule has 6 heteroatoms. The van der Waals surface area contributed by atoms with Gasteiger partial charge in [0.05, 0.1) is 9.40 Å². The number of hydrogen-bond acceptors (Lipinski definition) is 4. The van der Waals surface area contributed by atoms with Crippen molar-refractivity contribution in [2.45, 2.75) is 31.8 Å². The second-order valence-electron chi connectivity index (χ2n) is 5.96. The Kier molecular flexibility index (Phi) is 4.57. The first-order valence-corrected chi connectivity index (χ1v) is 8.32. The van der Waals surface area contributed by atoms with E-state index in [1.54, 1.807) is 12.1 Å². The molecule has 2 aliphatic rings. The highest BCUT2D eigenvalue weighted by Gasteiger charge is 2.29. The molecule has 0 saturated carbocycles. The van der Waals surface area contributed by atoms with Crippen LogP contribution in [0.1, 0.15) is 24.8 Å². The van der Waals surface area contributed by atoms with Crippen molar-refractivity contribution >= 4 is 21.6 Å². The molecule has 1 atom stereocenters. The first kappa shape index (κ1) is 14.9. The molecule has 2 fully saturated rings. The van der Waals surface area contributed by atoms with Gasteiger partial charge in [-0.3, -0.25) is 19.9 Å². The molecule has 5 nitrogen and oxygen atoms in total. The topological polar surface area (TPSA) is 49.6 Å². The fraction of sp³-hybridized carbons (Fsp3) is 0.600. The molecular formula is C15H20BrN3O2. The van der Waals surface area contributed by atoms with Gasteiger partial charge in [-0.1, -0.05) is 6.07 Å². The average Bonchev–Trinajstić information content (AvgIpc) is 3.11. The van der Waals surface area contributed by atoms with Gasteiger partial charge in [-0.25, -0.2) is 0 Å². The van der Waals surface area contributed by atoms with Crippen molar-refractivity contribution in [2.24, 2.45) is 0 Å². The molecule has 2 heterocycles. The van der Waals surface area contributed by atoms with Gasteiger partial charge in [-0.05, 0) is 59.9 Å². The zero-order valence-electron chi connectivity index (χ0n) is 12.0. The molecule has 3 rings (SSSR count). The van der Waals surface area contributed by atoms with E-state index in [2.05, 4.69) is 25.7 Å². The first-order chi connectivity index (χ1) is 10.1. The predicted octanol–water partition coefficient (Wildman–Crippen LogP) is 3.03. The normalized spacial score (nSPS) is 23.8. The summed E-state index contributed by atoms with van der Waals surface area (Å²) in [4.78, 5) is 15.7. The molecule has 1 aromatic rings. The summed E-state index contributed by atoms with van der Waals surface area (Å²) in [5.41, 5.74) is 1.18. The Bertz CT molecular complexity index is 532. The minimum atomic E-state index is -0.329. The Morgan fingerprint density at radius 1 is 1.29 bits per heavy atom. The van der Waals surface area contributed by atoms with Crippen LogP contribution in [0, 0.1) is 10.1 Å². The zero-order valence-corrected chi connectivity index (χ0v) is 13.6. The van der Waals surface area contributed by atoms with Crippen LogP contribution in [0.5, 0.6) is 0 Å². The minimum Gasteiger partial charge on any atom is -0.299 e. The molecule has 0 bridgehead atoms. The van der Waals surface area contributed by atoms with E-state index >= 15 is 0 Å². The summed E-state index contributed by atoms with van der Waals surface area (Å²) < 4.78 is 0.549. The number of nitro groups is 1.